The monoisotopic (exact) mass is 454 g/mol. The first-order chi connectivity index (χ1) is 13.4. The normalized spacial score (nSPS) is 10.7. The largest absolute Gasteiger partial charge is 0.350 e. The molecule has 0 saturated heterocycles. The van der Waals surface area contributed by atoms with Crippen molar-refractivity contribution in [3.05, 3.63) is 64.0 Å². The number of carbonyl (C=O) groups is 2. The summed E-state index contributed by atoms with van der Waals surface area (Å²) in [7, 11) is 0. The number of amides is 2. The lowest BCUT2D eigenvalue weighted by atomic mass is 10.2. The molecular formula is C16H13BrF2N6O3. The Balaban J connectivity index is 1.46. The standard InChI is InChI=1S/C16H13BrF2N6O3/c17-9-6-22-25(7-9)8-12-23-16(28-24-12)15(27)21-5-4-20-14(26)13-10(18)2-1-3-11(13)19/h1-3,6-7H,4-5,8H2,(H,20,26)(H,21,27). The molecule has 9 nitrogen and oxygen atoms in total. The Bertz CT molecular complexity index is 986. The number of nitrogens with zero attached hydrogens (tertiary/aromatic N) is 4. The molecule has 0 spiro atoms. The molecule has 0 bridgehead atoms. The van der Waals surface area contributed by atoms with Crippen LogP contribution in [0.4, 0.5) is 8.78 Å². The second kappa shape index (κ2) is 8.69. The molecule has 2 heterocycles. The third-order valence-electron chi connectivity index (χ3n) is 3.45. The van der Waals surface area contributed by atoms with E-state index < -0.39 is 29.0 Å². The van der Waals surface area contributed by atoms with Crippen molar-refractivity contribution in [1.82, 2.24) is 30.6 Å². The Hall–Kier alpha value is -3.15. The van der Waals surface area contributed by atoms with Gasteiger partial charge >= 0.3 is 11.8 Å². The SMILES string of the molecule is O=C(NCCNC(=O)c1c(F)cccc1F)c1nc(Cn2cc(Br)cn2)no1. The maximum atomic E-state index is 13.5. The fraction of sp³-hybridized carbons (Fsp3) is 0.188. The molecule has 1 aromatic carbocycles. The summed E-state index contributed by atoms with van der Waals surface area (Å²) in [5.41, 5.74) is -0.680. The van der Waals surface area contributed by atoms with Crippen molar-refractivity contribution in [2.75, 3.05) is 13.1 Å². The maximum absolute atomic E-state index is 13.5. The second-order valence-corrected chi connectivity index (χ2v) is 6.40. The molecule has 0 unspecified atom stereocenters. The lowest BCUT2D eigenvalue weighted by Crippen LogP contribution is -2.35. The number of halogens is 3. The van der Waals surface area contributed by atoms with Gasteiger partial charge in [0.2, 0.25) is 0 Å². The highest BCUT2D eigenvalue weighted by molar-refractivity contribution is 9.10. The molecule has 0 saturated carbocycles. The lowest BCUT2D eigenvalue weighted by Gasteiger charge is -2.07. The Kier molecular flexibility index (Phi) is 6.09. The van der Waals surface area contributed by atoms with Crippen LogP contribution in [0.3, 0.4) is 0 Å². The minimum atomic E-state index is -0.968. The summed E-state index contributed by atoms with van der Waals surface area (Å²) in [6, 6.07) is 3.12. The van der Waals surface area contributed by atoms with Gasteiger partial charge in [0.25, 0.3) is 5.91 Å². The van der Waals surface area contributed by atoms with Gasteiger partial charge in [-0.1, -0.05) is 11.2 Å². The van der Waals surface area contributed by atoms with E-state index in [-0.39, 0.29) is 31.3 Å². The van der Waals surface area contributed by atoms with Gasteiger partial charge in [0.15, 0.2) is 5.82 Å². The minimum Gasteiger partial charge on any atom is -0.350 e. The number of rotatable bonds is 7. The highest BCUT2D eigenvalue weighted by Crippen LogP contribution is 2.11. The van der Waals surface area contributed by atoms with Crippen molar-refractivity contribution in [3.63, 3.8) is 0 Å². The first-order valence-corrected chi connectivity index (χ1v) is 8.74. The summed E-state index contributed by atoms with van der Waals surface area (Å²) in [4.78, 5) is 27.7. The van der Waals surface area contributed by atoms with Crippen molar-refractivity contribution >= 4 is 27.7 Å². The summed E-state index contributed by atoms with van der Waals surface area (Å²) in [6.07, 6.45) is 3.30. The zero-order valence-electron chi connectivity index (χ0n) is 14.2. The van der Waals surface area contributed by atoms with Crippen LogP contribution in [0.1, 0.15) is 26.9 Å². The fourth-order valence-electron chi connectivity index (χ4n) is 2.21. The molecular weight excluding hydrogens is 442 g/mol. The molecule has 0 aliphatic heterocycles. The van der Waals surface area contributed by atoms with Crippen molar-refractivity contribution < 1.29 is 22.9 Å². The smallest absolute Gasteiger partial charge is 0.316 e. The van der Waals surface area contributed by atoms with Gasteiger partial charge in [0.1, 0.15) is 23.7 Å². The molecule has 0 fully saturated rings. The van der Waals surface area contributed by atoms with Crippen LogP contribution in [0, 0.1) is 11.6 Å². The molecule has 2 aromatic heterocycles. The molecule has 0 aliphatic carbocycles. The number of hydrogen-bond acceptors (Lipinski definition) is 6. The summed E-state index contributed by atoms with van der Waals surface area (Å²) in [5, 5.41) is 12.5. The van der Waals surface area contributed by atoms with Crippen LogP contribution in [0.5, 0.6) is 0 Å². The van der Waals surface area contributed by atoms with Crippen LogP contribution < -0.4 is 10.6 Å². The Labute approximate surface area is 165 Å². The fourth-order valence-corrected chi connectivity index (χ4v) is 2.54. The first kappa shape index (κ1) is 19.6. The van der Waals surface area contributed by atoms with E-state index in [4.69, 9.17) is 4.52 Å². The zero-order valence-corrected chi connectivity index (χ0v) is 15.7. The second-order valence-electron chi connectivity index (χ2n) is 5.48. The first-order valence-electron chi connectivity index (χ1n) is 7.95. The van der Waals surface area contributed by atoms with E-state index in [2.05, 4.69) is 41.8 Å². The van der Waals surface area contributed by atoms with Crippen LogP contribution in [-0.2, 0) is 6.54 Å². The lowest BCUT2D eigenvalue weighted by molar-refractivity contribution is 0.0896. The molecule has 2 N–H and O–H groups in total. The van der Waals surface area contributed by atoms with E-state index in [1.54, 1.807) is 17.1 Å². The van der Waals surface area contributed by atoms with E-state index in [1.165, 1.54) is 0 Å². The predicted molar refractivity (Wildman–Crippen MR) is 94.4 cm³/mol. The summed E-state index contributed by atoms with van der Waals surface area (Å²) >= 11 is 3.26. The van der Waals surface area contributed by atoms with Gasteiger partial charge < -0.3 is 15.2 Å². The zero-order chi connectivity index (χ0) is 20.1. The molecule has 0 atom stereocenters. The van der Waals surface area contributed by atoms with Crippen LogP contribution in [-0.4, -0.2) is 44.8 Å². The molecule has 28 heavy (non-hydrogen) atoms. The van der Waals surface area contributed by atoms with E-state index in [0.29, 0.717) is 0 Å². The van der Waals surface area contributed by atoms with Crippen LogP contribution in [0.25, 0.3) is 0 Å². The van der Waals surface area contributed by atoms with Gasteiger partial charge in [0, 0.05) is 19.3 Å². The van der Waals surface area contributed by atoms with E-state index >= 15 is 0 Å². The number of hydrogen-bond donors (Lipinski definition) is 2. The van der Waals surface area contributed by atoms with Gasteiger partial charge in [-0.25, -0.2) is 8.78 Å². The van der Waals surface area contributed by atoms with E-state index in [1.807, 2.05) is 0 Å². The number of aromatic nitrogens is 4. The number of carbonyl (C=O) groups excluding carboxylic acids is 2. The number of nitrogens with one attached hydrogen (secondary N) is 2. The van der Waals surface area contributed by atoms with Crippen LogP contribution in [0.15, 0.2) is 39.6 Å². The Morgan fingerprint density at radius 2 is 1.82 bits per heavy atom. The molecule has 2 amide bonds. The third kappa shape index (κ3) is 4.76. The topological polar surface area (TPSA) is 115 Å². The quantitative estimate of drug-likeness (QED) is 0.523. The average molecular weight is 455 g/mol. The van der Waals surface area contributed by atoms with Crippen LogP contribution >= 0.6 is 15.9 Å². The van der Waals surface area contributed by atoms with Crippen LogP contribution in [0.2, 0.25) is 0 Å². The summed E-state index contributed by atoms with van der Waals surface area (Å²) < 4.78 is 34.2. The van der Waals surface area contributed by atoms with Gasteiger partial charge in [-0.2, -0.15) is 10.1 Å². The predicted octanol–water partition coefficient (Wildman–Crippen LogP) is 1.51. The molecule has 3 rings (SSSR count). The highest BCUT2D eigenvalue weighted by Gasteiger charge is 2.18. The molecule has 146 valence electrons. The van der Waals surface area contributed by atoms with Crippen molar-refractivity contribution in [3.8, 4) is 0 Å². The Morgan fingerprint density at radius 1 is 1.14 bits per heavy atom. The minimum absolute atomic E-state index is 0.00946. The third-order valence-corrected chi connectivity index (χ3v) is 3.86. The summed E-state index contributed by atoms with van der Waals surface area (Å²) in [5.74, 6) is -3.51. The van der Waals surface area contributed by atoms with Gasteiger partial charge in [-0.3, -0.25) is 14.3 Å². The van der Waals surface area contributed by atoms with Gasteiger partial charge in [0.05, 0.1) is 10.7 Å². The van der Waals surface area contributed by atoms with Crippen molar-refractivity contribution in [1.29, 1.82) is 0 Å². The molecule has 0 aliphatic rings. The van der Waals surface area contributed by atoms with Gasteiger partial charge in [-0.15, -0.1) is 0 Å². The molecule has 12 heteroatoms. The van der Waals surface area contributed by atoms with E-state index in [0.717, 1.165) is 22.7 Å². The van der Waals surface area contributed by atoms with E-state index in [9.17, 15) is 18.4 Å². The van der Waals surface area contributed by atoms with Gasteiger partial charge in [-0.05, 0) is 28.1 Å². The molecule has 0 radical (unpaired) electrons. The molecule has 3 aromatic rings. The highest BCUT2D eigenvalue weighted by atomic mass is 79.9. The van der Waals surface area contributed by atoms with Crippen molar-refractivity contribution in [2.24, 2.45) is 0 Å². The Morgan fingerprint density at radius 3 is 2.46 bits per heavy atom. The van der Waals surface area contributed by atoms with Crippen molar-refractivity contribution in [2.45, 2.75) is 6.54 Å². The average Bonchev–Trinajstić information content (AvgIpc) is 3.28. The summed E-state index contributed by atoms with van der Waals surface area (Å²) in [6.45, 7) is 0.151. The maximum Gasteiger partial charge on any atom is 0.316 e. The number of benzene rings is 1.